The van der Waals surface area contributed by atoms with E-state index in [2.05, 4.69) is 33.2 Å². The molecule has 0 aromatic heterocycles. The minimum absolute atomic E-state index is 0.0397. The monoisotopic (exact) mass is 801 g/mol. The van der Waals surface area contributed by atoms with E-state index < -0.39 is 141 Å². The van der Waals surface area contributed by atoms with Crippen LogP contribution in [0.25, 0.3) is 0 Å². The highest BCUT2D eigenvalue weighted by Crippen LogP contribution is 2.10. The first-order valence-corrected chi connectivity index (χ1v) is 18.2. The molecule has 5 unspecified atom stereocenters. The van der Waals surface area contributed by atoms with Crippen molar-refractivity contribution in [1.82, 2.24) is 31.5 Å². The molecule has 56 heavy (non-hydrogen) atoms. The second-order valence-corrected chi connectivity index (χ2v) is 13.7. The maximum absolute atomic E-state index is 14.0. The minimum Gasteiger partial charge on any atom is -0.477 e. The van der Waals surface area contributed by atoms with Gasteiger partial charge >= 0.3 is 0 Å². The Bertz CT molecular complexity index is 1470. The van der Waals surface area contributed by atoms with Crippen LogP contribution in [0.3, 0.4) is 0 Å². The number of carbonyl (C=O) groups is 9. The van der Waals surface area contributed by atoms with Crippen molar-refractivity contribution in [3.05, 3.63) is 12.5 Å². The first-order valence-electron chi connectivity index (χ1n) is 19.7. The molecule has 0 spiro atoms. The average molecular weight is 802 g/mol. The van der Waals surface area contributed by atoms with Crippen LogP contribution in [0.2, 0.25) is 0 Å². The second-order valence-electron chi connectivity index (χ2n) is 13.7. The number of ether oxygens (including phenoxy) is 4. The zero-order valence-corrected chi connectivity index (χ0v) is 33.7. The summed E-state index contributed by atoms with van der Waals surface area (Å²) in [5.74, 6) is -6.99. The fourth-order valence-corrected chi connectivity index (χ4v) is 4.50. The summed E-state index contributed by atoms with van der Waals surface area (Å²) in [6.45, 7) is 12.2. The van der Waals surface area contributed by atoms with Crippen LogP contribution in [0.4, 0.5) is 0 Å². The molecule has 5 N–H and O–H groups in total. The fraction of sp³-hybridized carbons (Fsp3) is 0.703. The molecule has 5 atom stereocenters. The Morgan fingerprint density at radius 3 is 1.50 bits per heavy atom. The van der Waals surface area contributed by atoms with Crippen molar-refractivity contribution < 1.29 is 66.2 Å². The van der Waals surface area contributed by atoms with E-state index in [9.17, 15) is 43.2 Å². The van der Waals surface area contributed by atoms with Gasteiger partial charge in [0.2, 0.25) is 29.5 Å². The molecule has 0 radical (unpaired) electrons. The van der Waals surface area contributed by atoms with Gasteiger partial charge in [-0.2, -0.15) is 0 Å². The third-order valence-electron chi connectivity index (χ3n) is 8.03. The van der Waals surface area contributed by atoms with E-state index >= 15 is 0 Å². The Morgan fingerprint density at radius 1 is 0.625 bits per heavy atom. The molecule has 318 valence electrons. The summed E-state index contributed by atoms with van der Waals surface area (Å²) in [7, 11) is 2.84. The van der Waals surface area contributed by atoms with Crippen molar-refractivity contribution in [3.8, 4) is 0 Å². The largest absolute Gasteiger partial charge is 0.477 e. The highest BCUT2D eigenvalue weighted by molar-refractivity contribution is 5.94. The van der Waals surface area contributed by atoms with Crippen LogP contribution in [0.15, 0.2) is 12.5 Å². The molecule has 0 aliphatic rings. The normalized spacial score (nSPS) is 14.4. The molecule has 0 aliphatic carbocycles. The Morgan fingerprint density at radius 2 is 1.05 bits per heavy atom. The molecular formula is C37H62N6O13. The Kier molecular flexibility index (Phi) is 23.3. The summed E-state index contributed by atoms with van der Waals surface area (Å²) in [5.41, 5.74) is 0. The lowest BCUT2D eigenvalue weighted by Gasteiger charge is -2.27. The molecule has 0 fully saturated rings. The number of hydrogen-bond acceptors (Lipinski definition) is 13. The number of rotatable bonds is 31. The van der Waals surface area contributed by atoms with Crippen LogP contribution in [0.5, 0.6) is 0 Å². The summed E-state index contributed by atoms with van der Waals surface area (Å²) < 4.78 is 43.1. The summed E-state index contributed by atoms with van der Waals surface area (Å²) in [6, 6.07) is -6.85. The first kappa shape index (κ1) is 45.6. The number of hydrogen-bond donors (Lipinski definition) is 5. The van der Waals surface area contributed by atoms with Gasteiger partial charge in [-0.05, 0) is 37.2 Å². The summed E-state index contributed by atoms with van der Waals surface area (Å²) in [5, 5.41) is 12.1. The predicted octanol–water partition coefficient (Wildman–Crippen LogP) is -0.839. The van der Waals surface area contributed by atoms with Gasteiger partial charge in [-0.1, -0.05) is 41.5 Å². The summed E-state index contributed by atoms with van der Waals surface area (Å²) in [6.07, 6.45) is -5.08. The van der Waals surface area contributed by atoms with Crippen molar-refractivity contribution in [2.45, 2.75) is 97.4 Å². The summed E-state index contributed by atoms with van der Waals surface area (Å²) in [4.78, 5) is 116. The topological polar surface area (TPSA) is 254 Å². The fourth-order valence-electron chi connectivity index (χ4n) is 4.50. The van der Waals surface area contributed by atoms with Crippen LogP contribution in [0, 0.1) is 17.8 Å². The molecule has 0 rings (SSSR count). The highest BCUT2D eigenvalue weighted by atomic mass is 16.5. The highest BCUT2D eigenvalue weighted by Gasteiger charge is 2.31. The van der Waals surface area contributed by atoms with Gasteiger partial charge in [0.05, 0.1) is 37.9 Å². The average Bonchev–Trinajstić information content (AvgIpc) is 3.14. The van der Waals surface area contributed by atoms with E-state index in [4.69, 9.17) is 23.1 Å². The lowest BCUT2D eigenvalue weighted by atomic mass is 10.0. The van der Waals surface area contributed by atoms with E-state index in [-0.39, 0.29) is 32.3 Å². The third kappa shape index (κ3) is 20.8. The molecule has 19 nitrogen and oxygen atoms in total. The van der Waals surface area contributed by atoms with Crippen LogP contribution >= 0.6 is 0 Å². The SMILES string of the molecule is [2H]C(=O)C(NC(=O)CCC(NC(=O)CN(C(=C)OCCOC)C(=O)COCCOC)C(=O)NC(CCC(=O)NC(C([2H])=O)C(C)C)C(=O)NC(C([2H])=O)C(C)C)C(C)C. The van der Waals surface area contributed by atoms with Crippen LogP contribution in [-0.2, 0) is 62.1 Å². The molecule has 0 bridgehead atoms. The van der Waals surface area contributed by atoms with Gasteiger partial charge in [0.15, 0.2) is 5.88 Å². The van der Waals surface area contributed by atoms with E-state index in [1.165, 1.54) is 14.2 Å². The molecule has 6 amide bonds. The maximum atomic E-state index is 14.0. The number of carbonyl (C=O) groups excluding carboxylic acids is 9. The molecule has 0 aromatic carbocycles. The number of nitrogens with zero attached hydrogens (tertiary/aromatic N) is 1. The quantitative estimate of drug-likeness (QED) is 0.0326. The number of amides is 6. The molecule has 0 saturated heterocycles. The van der Waals surface area contributed by atoms with Crippen molar-refractivity contribution in [1.29, 1.82) is 0 Å². The molecular weight excluding hydrogens is 736 g/mol. The lowest BCUT2D eigenvalue weighted by molar-refractivity contribution is -0.141. The van der Waals surface area contributed by atoms with E-state index in [1.54, 1.807) is 41.5 Å². The molecule has 19 heteroatoms. The van der Waals surface area contributed by atoms with Gasteiger partial charge < -0.3 is 59.9 Å². The minimum atomic E-state index is -1.62. The second kappa shape index (κ2) is 28.6. The van der Waals surface area contributed by atoms with Crippen LogP contribution in [-0.4, -0.2) is 143 Å². The Hall–Kier alpha value is -4.75. The van der Waals surface area contributed by atoms with Crippen molar-refractivity contribution in [2.24, 2.45) is 17.8 Å². The van der Waals surface area contributed by atoms with Gasteiger partial charge in [-0.3, -0.25) is 33.7 Å². The maximum Gasteiger partial charge on any atom is 0.255 e. The van der Waals surface area contributed by atoms with Crippen LogP contribution in [0.1, 0.15) is 71.3 Å². The third-order valence-corrected chi connectivity index (χ3v) is 8.03. The van der Waals surface area contributed by atoms with Gasteiger partial charge in [-0.25, -0.2) is 0 Å². The zero-order valence-electron chi connectivity index (χ0n) is 36.7. The van der Waals surface area contributed by atoms with Crippen LogP contribution < -0.4 is 26.6 Å². The van der Waals surface area contributed by atoms with Crippen molar-refractivity contribution >= 4 is 54.2 Å². The van der Waals surface area contributed by atoms with Crippen molar-refractivity contribution in [3.63, 3.8) is 0 Å². The lowest BCUT2D eigenvalue weighted by Crippen LogP contribution is -2.57. The predicted molar refractivity (Wildman–Crippen MR) is 202 cm³/mol. The number of aldehydes is 3. The number of methoxy groups -OCH3 is 2. The van der Waals surface area contributed by atoms with E-state index in [0.29, 0.717) is 0 Å². The van der Waals surface area contributed by atoms with E-state index in [1.807, 2.05) is 0 Å². The van der Waals surface area contributed by atoms with Gasteiger partial charge in [-0.15, -0.1) is 0 Å². The first-order chi connectivity index (χ1) is 27.6. The molecule has 0 saturated carbocycles. The Labute approximate surface area is 333 Å². The van der Waals surface area contributed by atoms with Crippen molar-refractivity contribution in [2.75, 3.05) is 53.8 Å². The van der Waals surface area contributed by atoms with Gasteiger partial charge in [0, 0.05) is 27.1 Å². The van der Waals surface area contributed by atoms with Gasteiger partial charge in [0.25, 0.3) is 5.91 Å². The standard InChI is InChI=1S/C37H62N6O13/c1-23(2)29(19-44)39-32(47)12-10-27(38-34(49)18-43(26(7)56-17-15-54-9)35(50)22-55-16-14-53-8)36(51)41-28(37(52)42-31(21-46)25(5)6)11-13-33(48)40-30(20-45)24(3)4/h19-21,23-25,27-31H,7,10-18,22H2,1-6,8-9H3,(H,38,49)(H,39,47)(H,40,48)(H,41,51)(H,42,52)/i19D,20D,21D. The summed E-state index contributed by atoms with van der Waals surface area (Å²) >= 11 is 0. The number of nitrogens with one attached hydrogen (secondary N) is 5. The molecule has 0 heterocycles. The Balaban J connectivity index is 6.69. The van der Waals surface area contributed by atoms with Gasteiger partial charge in [0.1, 0.15) is 54.7 Å². The smallest absolute Gasteiger partial charge is 0.255 e. The van der Waals surface area contributed by atoms with E-state index in [0.717, 1.165) is 4.90 Å². The molecule has 0 aliphatic heterocycles. The zero-order chi connectivity index (χ0) is 45.4. The molecule has 0 aromatic rings.